The lowest BCUT2D eigenvalue weighted by atomic mass is 9.79. The molecular formula is C31H31ClF6N4O4S2. The van der Waals surface area contributed by atoms with Crippen LogP contribution in [0.1, 0.15) is 82.9 Å². The maximum Gasteiger partial charge on any atom is 0.429 e. The molecule has 2 aliphatic heterocycles. The Hall–Kier alpha value is -3.37. The second kappa shape index (κ2) is 13.9. The van der Waals surface area contributed by atoms with Gasteiger partial charge in [0.05, 0.1) is 22.0 Å². The van der Waals surface area contributed by atoms with Crippen molar-refractivity contribution in [1.29, 1.82) is 0 Å². The molecule has 0 aromatic carbocycles. The van der Waals surface area contributed by atoms with E-state index < -0.39 is 69.6 Å². The van der Waals surface area contributed by atoms with Gasteiger partial charge in [-0.3, -0.25) is 19.4 Å². The van der Waals surface area contributed by atoms with Crippen LogP contribution in [0.4, 0.5) is 26.3 Å². The molecule has 0 aliphatic carbocycles. The lowest BCUT2D eigenvalue weighted by molar-refractivity contribution is -0.165. The van der Waals surface area contributed by atoms with Crippen molar-refractivity contribution in [3.05, 3.63) is 66.8 Å². The SMILES string of the molecule is CCC[C@H]1N(C(=O)c2ncccc2C(F)(F)F)CCC[C@@]1(Oc1ccsc1C(F)(F)F)C(=O)N1CCc2sc(Cl)cc2C1CCC(N)=O. The molecule has 17 heteroatoms. The third kappa shape index (κ3) is 7.01. The number of aromatic nitrogens is 1. The minimum absolute atomic E-state index is 0.00642. The number of nitrogens with zero attached hydrogens (tertiary/aromatic N) is 3. The third-order valence-corrected chi connectivity index (χ3v) is 10.9. The van der Waals surface area contributed by atoms with Crippen LogP contribution in [-0.2, 0) is 28.4 Å². The van der Waals surface area contributed by atoms with Crippen molar-refractivity contribution in [3.8, 4) is 5.75 Å². The molecule has 3 aromatic heterocycles. The smallest absolute Gasteiger partial charge is 0.429 e. The van der Waals surface area contributed by atoms with Gasteiger partial charge in [-0.05, 0) is 60.9 Å². The van der Waals surface area contributed by atoms with Crippen LogP contribution in [0.5, 0.6) is 5.75 Å². The predicted octanol–water partition coefficient (Wildman–Crippen LogP) is 7.51. The number of thiophene rings is 2. The number of alkyl halides is 6. The maximum absolute atomic E-state index is 15.1. The number of halogens is 7. The summed E-state index contributed by atoms with van der Waals surface area (Å²) >= 11 is 7.99. The summed E-state index contributed by atoms with van der Waals surface area (Å²) in [5.41, 5.74) is 1.79. The van der Waals surface area contributed by atoms with Gasteiger partial charge in [-0.25, -0.2) is 0 Å². The highest BCUT2D eigenvalue weighted by Crippen LogP contribution is 2.47. The van der Waals surface area contributed by atoms with E-state index in [0.717, 1.165) is 39.6 Å². The van der Waals surface area contributed by atoms with E-state index in [1.807, 2.05) is 0 Å². The summed E-state index contributed by atoms with van der Waals surface area (Å²) in [5, 5.41) is 1.16. The van der Waals surface area contributed by atoms with Gasteiger partial charge in [0.2, 0.25) is 11.5 Å². The van der Waals surface area contributed by atoms with E-state index in [1.54, 1.807) is 13.0 Å². The Morgan fingerprint density at radius 2 is 1.85 bits per heavy atom. The Labute approximate surface area is 284 Å². The number of carbonyl (C=O) groups excluding carboxylic acids is 3. The van der Waals surface area contributed by atoms with Crippen LogP contribution in [0.2, 0.25) is 4.34 Å². The summed E-state index contributed by atoms with van der Waals surface area (Å²) in [4.78, 5) is 47.0. The molecule has 5 heterocycles. The summed E-state index contributed by atoms with van der Waals surface area (Å²) in [6.07, 6.45) is -8.25. The van der Waals surface area contributed by atoms with Crippen LogP contribution in [0.3, 0.4) is 0 Å². The minimum atomic E-state index is -4.93. The van der Waals surface area contributed by atoms with Crippen molar-refractivity contribution in [1.82, 2.24) is 14.8 Å². The van der Waals surface area contributed by atoms with E-state index in [4.69, 9.17) is 22.1 Å². The van der Waals surface area contributed by atoms with Gasteiger partial charge in [-0.2, -0.15) is 26.3 Å². The molecule has 1 saturated heterocycles. The van der Waals surface area contributed by atoms with E-state index in [0.29, 0.717) is 34.1 Å². The van der Waals surface area contributed by atoms with Gasteiger partial charge in [0, 0.05) is 37.0 Å². The standard InChI is InChI=1S/C31H31ClF6N4O4S2/c1-2-5-22-29(46-20-10-15-47-26(20)31(36,37)38,11-4-13-42(22)27(44)25-18(30(33,34)35)6-3-12-40-25)28(45)41-14-9-21-17(16-23(32)48-21)19(41)7-8-24(39)43/h3,6,10,12,15-16,19,22H,2,4-5,7-9,11,13-14H2,1H3,(H2,39,43)/t19?,22-,29+/m1/s1. The van der Waals surface area contributed by atoms with Gasteiger partial charge >= 0.3 is 12.4 Å². The highest BCUT2D eigenvalue weighted by atomic mass is 35.5. The van der Waals surface area contributed by atoms with Gasteiger partial charge in [0.1, 0.15) is 11.4 Å². The number of rotatable bonds is 9. The van der Waals surface area contributed by atoms with Crippen molar-refractivity contribution in [2.45, 2.75) is 81.9 Å². The molecule has 3 atom stereocenters. The van der Waals surface area contributed by atoms with E-state index in [1.165, 1.54) is 16.2 Å². The zero-order chi connectivity index (χ0) is 35.0. The number of likely N-dealkylation sites (tertiary alicyclic amines) is 1. The topological polar surface area (TPSA) is 106 Å². The Balaban J connectivity index is 1.66. The Morgan fingerprint density at radius 1 is 1.10 bits per heavy atom. The van der Waals surface area contributed by atoms with Gasteiger partial charge < -0.3 is 20.3 Å². The first-order chi connectivity index (χ1) is 22.6. The zero-order valence-electron chi connectivity index (χ0n) is 25.5. The van der Waals surface area contributed by atoms with Crippen molar-refractivity contribution in [3.63, 3.8) is 0 Å². The van der Waals surface area contributed by atoms with E-state index in [9.17, 15) is 35.9 Å². The number of hydrogen-bond donors (Lipinski definition) is 1. The number of carbonyl (C=O) groups is 3. The van der Waals surface area contributed by atoms with Crippen molar-refractivity contribution >= 4 is 52.0 Å². The average Bonchev–Trinajstić information content (AvgIpc) is 3.65. The summed E-state index contributed by atoms with van der Waals surface area (Å²) in [6.45, 7) is 1.70. The van der Waals surface area contributed by atoms with Gasteiger partial charge in [-0.15, -0.1) is 22.7 Å². The van der Waals surface area contributed by atoms with Crippen molar-refractivity contribution in [2.75, 3.05) is 13.1 Å². The molecule has 5 rings (SSSR count). The fourth-order valence-corrected chi connectivity index (χ4v) is 8.65. The molecule has 0 spiro atoms. The number of piperidine rings is 1. The van der Waals surface area contributed by atoms with Crippen LogP contribution < -0.4 is 10.5 Å². The Kier molecular flexibility index (Phi) is 10.4. The third-order valence-electron chi connectivity index (χ3n) is 8.59. The largest absolute Gasteiger partial charge is 0.474 e. The van der Waals surface area contributed by atoms with Gasteiger partial charge in [-0.1, -0.05) is 24.9 Å². The number of pyridine rings is 1. The fourth-order valence-electron chi connectivity index (χ4n) is 6.63. The van der Waals surface area contributed by atoms with Crippen LogP contribution in [0.15, 0.2) is 35.8 Å². The first-order valence-corrected chi connectivity index (χ1v) is 17.2. The Bertz CT molecular complexity index is 1680. The molecule has 260 valence electrons. The second-order valence-electron chi connectivity index (χ2n) is 11.6. The summed E-state index contributed by atoms with van der Waals surface area (Å²) < 4.78 is 91.2. The highest BCUT2D eigenvalue weighted by Gasteiger charge is 2.57. The molecule has 0 bridgehead atoms. The number of amides is 3. The quantitative estimate of drug-likeness (QED) is 0.229. The predicted molar refractivity (Wildman–Crippen MR) is 167 cm³/mol. The molecule has 8 nitrogen and oxygen atoms in total. The lowest BCUT2D eigenvalue weighted by Crippen LogP contribution is -2.68. The lowest BCUT2D eigenvalue weighted by Gasteiger charge is -2.51. The van der Waals surface area contributed by atoms with E-state index >= 15 is 4.79 Å². The molecule has 3 aromatic rings. The van der Waals surface area contributed by atoms with Crippen LogP contribution >= 0.6 is 34.3 Å². The van der Waals surface area contributed by atoms with Gasteiger partial charge in [0.15, 0.2) is 4.88 Å². The number of ether oxygens (including phenoxy) is 1. The molecule has 0 radical (unpaired) electrons. The second-order valence-corrected chi connectivity index (χ2v) is 14.3. The monoisotopic (exact) mass is 736 g/mol. The number of hydrogen-bond acceptors (Lipinski definition) is 7. The molecule has 2 N–H and O–H groups in total. The molecule has 1 unspecified atom stereocenters. The number of nitrogens with two attached hydrogens (primary N) is 1. The Morgan fingerprint density at radius 3 is 2.52 bits per heavy atom. The minimum Gasteiger partial charge on any atom is -0.474 e. The molecule has 1 fully saturated rings. The number of primary amides is 1. The molecular weight excluding hydrogens is 706 g/mol. The van der Waals surface area contributed by atoms with Crippen LogP contribution in [0, 0.1) is 0 Å². The van der Waals surface area contributed by atoms with Crippen molar-refractivity contribution < 1.29 is 45.5 Å². The van der Waals surface area contributed by atoms with Crippen LogP contribution in [-0.4, -0.2) is 57.2 Å². The van der Waals surface area contributed by atoms with E-state index in [-0.39, 0.29) is 45.2 Å². The van der Waals surface area contributed by atoms with Crippen molar-refractivity contribution in [2.24, 2.45) is 5.73 Å². The highest BCUT2D eigenvalue weighted by molar-refractivity contribution is 7.16. The first-order valence-electron chi connectivity index (χ1n) is 15.1. The summed E-state index contributed by atoms with van der Waals surface area (Å²) in [6, 6.07) is 2.47. The van der Waals surface area contributed by atoms with Gasteiger partial charge in [0.25, 0.3) is 11.8 Å². The molecule has 0 saturated carbocycles. The fraction of sp³-hybridized carbons (Fsp3) is 0.484. The molecule has 2 aliphatic rings. The maximum atomic E-state index is 15.1. The van der Waals surface area contributed by atoms with E-state index in [2.05, 4.69) is 4.98 Å². The molecule has 48 heavy (non-hydrogen) atoms. The summed E-state index contributed by atoms with van der Waals surface area (Å²) in [5.74, 6) is -3.14. The molecule has 3 amide bonds. The van der Waals surface area contributed by atoms with Crippen LogP contribution in [0.25, 0.3) is 0 Å². The average molecular weight is 737 g/mol. The zero-order valence-corrected chi connectivity index (χ0v) is 27.9. The first kappa shape index (κ1) is 35.9. The number of fused-ring (bicyclic) bond motifs is 1. The summed E-state index contributed by atoms with van der Waals surface area (Å²) in [7, 11) is 0. The normalized spacial score (nSPS) is 21.6.